The van der Waals surface area contributed by atoms with Gasteiger partial charge in [0.1, 0.15) is 6.07 Å². The van der Waals surface area contributed by atoms with Gasteiger partial charge in [0.2, 0.25) is 0 Å². The van der Waals surface area contributed by atoms with Gasteiger partial charge >= 0.3 is 0 Å². The molecule has 78 valence electrons. The van der Waals surface area contributed by atoms with Crippen molar-refractivity contribution in [1.29, 1.82) is 5.26 Å². The minimum Gasteiger partial charge on any atom is -0.315 e. The number of thiophene rings is 1. The summed E-state index contributed by atoms with van der Waals surface area (Å²) in [6.45, 7) is 2.15. The summed E-state index contributed by atoms with van der Waals surface area (Å²) in [5.41, 5.74) is 2.65. The van der Waals surface area contributed by atoms with Gasteiger partial charge < -0.3 is 5.32 Å². The summed E-state index contributed by atoms with van der Waals surface area (Å²) in [6.07, 6.45) is 5.05. The first kappa shape index (κ1) is 9.38. The highest BCUT2D eigenvalue weighted by atomic mass is 32.1. The molecule has 2 aliphatic rings. The minimum absolute atomic E-state index is 0.316. The Morgan fingerprint density at radius 2 is 2.27 bits per heavy atom. The molecular formula is C12H14N2S. The summed E-state index contributed by atoms with van der Waals surface area (Å²) in [6, 6.07) is 2.37. The van der Waals surface area contributed by atoms with Gasteiger partial charge in [0.05, 0.1) is 5.56 Å². The van der Waals surface area contributed by atoms with Crippen molar-refractivity contribution in [1.82, 2.24) is 5.32 Å². The fraction of sp³-hybridized carbons (Fsp3) is 0.583. The molecule has 1 aliphatic heterocycles. The zero-order valence-corrected chi connectivity index (χ0v) is 9.49. The monoisotopic (exact) mass is 218 g/mol. The van der Waals surface area contributed by atoms with Gasteiger partial charge in [0.15, 0.2) is 0 Å². The zero-order chi connectivity index (χ0) is 10.3. The first-order chi connectivity index (χ1) is 7.36. The molecule has 3 rings (SSSR count). The molecule has 1 aromatic rings. The summed E-state index contributed by atoms with van der Waals surface area (Å²) >= 11 is 1.79. The van der Waals surface area contributed by atoms with Crippen LogP contribution in [0.15, 0.2) is 5.38 Å². The number of hydrogen-bond donors (Lipinski definition) is 1. The number of nitrogens with one attached hydrogen (secondary N) is 1. The SMILES string of the molecule is N#Cc1csc2c1C1(CCCC2)CNC1. The van der Waals surface area contributed by atoms with Crippen LogP contribution in [0.4, 0.5) is 0 Å². The number of hydrogen-bond acceptors (Lipinski definition) is 3. The van der Waals surface area contributed by atoms with Crippen LogP contribution < -0.4 is 5.32 Å². The third kappa shape index (κ3) is 1.25. The first-order valence-electron chi connectivity index (χ1n) is 5.57. The molecule has 1 aliphatic carbocycles. The quantitative estimate of drug-likeness (QED) is 0.724. The van der Waals surface area contributed by atoms with E-state index in [-0.39, 0.29) is 0 Å². The van der Waals surface area contributed by atoms with Gasteiger partial charge in [0.25, 0.3) is 0 Å². The predicted molar refractivity (Wildman–Crippen MR) is 61.1 cm³/mol. The van der Waals surface area contributed by atoms with Crippen LogP contribution in [0.2, 0.25) is 0 Å². The Morgan fingerprint density at radius 3 is 2.93 bits per heavy atom. The van der Waals surface area contributed by atoms with Crippen molar-refractivity contribution in [3.63, 3.8) is 0 Å². The normalized spacial score (nSPS) is 22.6. The maximum atomic E-state index is 9.16. The van der Waals surface area contributed by atoms with Gasteiger partial charge in [-0.25, -0.2) is 0 Å². The van der Waals surface area contributed by atoms with E-state index in [1.54, 1.807) is 11.3 Å². The Balaban J connectivity index is 2.14. The van der Waals surface area contributed by atoms with E-state index in [4.69, 9.17) is 5.26 Å². The van der Waals surface area contributed by atoms with Crippen LogP contribution in [0.25, 0.3) is 0 Å². The molecule has 0 aromatic carbocycles. The van der Waals surface area contributed by atoms with E-state index >= 15 is 0 Å². The summed E-state index contributed by atoms with van der Waals surface area (Å²) in [5, 5.41) is 14.6. The highest BCUT2D eigenvalue weighted by Crippen LogP contribution is 2.43. The Kier molecular flexibility index (Phi) is 2.08. The van der Waals surface area contributed by atoms with Crippen molar-refractivity contribution in [2.45, 2.75) is 31.1 Å². The zero-order valence-electron chi connectivity index (χ0n) is 8.68. The largest absolute Gasteiger partial charge is 0.315 e. The highest BCUT2D eigenvalue weighted by molar-refractivity contribution is 7.10. The standard InChI is InChI=1S/C12H14N2S/c13-5-9-6-15-10-3-1-2-4-12(11(9)10)7-14-8-12/h6,14H,1-4,7-8H2. The van der Waals surface area contributed by atoms with Crippen molar-refractivity contribution >= 4 is 11.3 Å². The van der Waals surface area contributed by atoms with Crippen LogP contribution in [0, 0.1) is 11.3 Å². The lowest BCUT2D eigenvalue weighted by Crippen LogP contribution is -2.56. The molecule has 1 saturated heterocycles. The predicted octanol–water partition coefficient (Wildman–Crippen LogP) is 2.19. The van der Waals surface area contributed by atoms with Gasteiger partial charge in [-0.1, -0.05) is 6.42 Å². The lowest BCUT2D eigenvalue weighted by Gasteiger charge is -2.43. The molecule has 0 amide bonds. The van der Waals surface area contributed by atoms with Crippen LogP contribution in [-0.4, -0.2) is 13.1 Å². The average molecular weight is 218 g/mol. The fourth-order valence-corrected chi connectivity index (χ4v) is 4.04. The molecule has 0 bridgehead atoms. The lowest BCUT2D eigenvalue weighted by atomic mass is 9.71. The van der Waals surface area contributed by atoms with E-state index < -0.39 is 0 Å². The van der Waals surface area contributed by atoms with E-state index in [0.717, 1.165) is 18.7 Å². The number of nitrogens with zero attached hydrogens (tertiary/aromatic N) is 1. The molecule has 2 heterocycles. The third-order valence-electron chi connectivity index (χ3n) is 3.75. The van der Waals surface area contributed by atoms with E-state index in [1.165, 1.54) is 36.1 Å². The highest BCUT2D eigenvalue weighted by Gasteiger charge is 2.42. The van der Waals surface area contributed by atoms with Gasteiger partial charge in [-0.3, -0.25) is 0 Å². The summed E-state index contributed by atoms with van der Waals surface area (Å²) in [5.74, 6) is 0. The Bertz CT molecular complexity index is 423. The van der Waals surface area contributed by atoms with E-state index in [1.807, 2.05) is 0 Å². The number of fused-ring (bicyclic) bond motifs is 2. The smallest absolute Gasteiger partial charge is 0.100 e. The second kappa shape index (κ2) is 3.33. The fourth-order valence-electron chi connectivity index (χ4n) is 2.90. The number of rotatable bonds is 0. The van der Waals surface area contributed by atoms with Crippen molar-refractivity contribution in [2.75, 3.05) is 13.1 Å². The molecule has 1 fully saturated rings. The summed E-state index contributed by atoms with van der Waals surface area (Å²) in [7, 11) is 0. The number of nitriles is 1. The summed E-state index contributed by atoms with van der Waals surface area (Å²) in [4.78, 5) is 1.48. The molecule has 0 saturated carbocycles. The van der Waals surface area contributed by atoms with Crippen molar-refractivity contribution < 1.29 is 0 Å². The maximum absolute atomic E-state index is 9.16. The molecule has 0 unspecified atom stereocenters. The topological polar surface area (TPSA) is 35.8 Å². The van der Waals surface area contributed by atoms with Crippen LogP contribution >= 0.6 is 11.3 Å². The molecule has 0 radical (unpaired) electrons. The van der Waals surface area contributed by atoms with Crippen LogP contribution in [0.5, 0.6) is 0 Å². The van der Waals surface area contributed by atoms with Crippen LogP contribution in [0.1, 0.15) is 35.3 Å². The lowest BCUT2D eigenvalue weighted by molar-refractivity contribution is 0.255. The molecule has 0 atom stereocenters. The third-order valence-corrected chi connectivity index (χ3v) is 4.80. The van der Waals surface area contributed by atoms with Crippen molar-refractivity contribution in [2.24, 2.45) is 0 Å². The molecule has 1 N–H and O–H groups in total. The molecule has 1 spiro atoms. The molecule has 3 heteroatoms. The molecule has 15 heavy (non-hydrogen) atoms. The van der Waals surface area contributed by atoms with E-state index in [0.29, 0.717) is 5.41 Å². The first-order valence-corrected chi connectivity index (χ1v) is 6.45. The van der Waals surface area contributed by atoms with Gasteiger partial charge in [-0.15, -0.1) is 11.3 Å². The summed E-state index contributed by atoms with van der Waals surface area (Å²) < 4.78 is 0. The van der Waals surface area contributed by atoms with Gasteiger partial charge in [-0.2, -0.15) is 5.26 Å². The second-order valence-corrected chi connectivity index (χ2v) is 5.61. The molecular weight excluding hydrogens is 204 g/mol. The Morgan fingerprint density at radius 1 is 1.40 bits per heavy atom. The van der Waals surface area contributed by atoms with E-state index in [9.17, 15) is 0 Å². The van der Waals surface area contributed by atoms with Crippen LogP contribution in [-0.2, 0) is 11.8 Å². The van der Waals surface area contributed by atoms with Crippen molar-refractivity contribution in [3.05, 3.63) is 21.4 Å². The minimum atomic E-state index is 0.316. The maximum Gasteiger partial charge on any atom is 0.100 e. The average Bonchev–Trinajstić information content (AvgIpc) is 2.49. The van der Waals surface area contributed by atoms with Gasteiger partial charge in [0, 0.05) is 28.8 Å². The second-order valence-electron chi connectivity index (χ2n) is 4.65. The molecule has 2 nitrogen and oxygen atoms in total. The Labute approximate surface area is 93.9 Å². The molecule has 1 aromatic heterocycles. The van der Waals surface area contributed by atoms with Crippen molar-refractivity contribution in [3.8, 4) is 6.07 Å². The Hall–Kier alpha value is -0.850. The van der Waals surface area contributed by atoms with E-state index in [2.05, 4.69) is 16.8 Å². The number of aryl methyl sites for hydroxylation is 1. The van der Waals surface area contributed by atoms with Gasteiger partial charge in [-0.05, 0) is 24.8 Å². The van der Waals surface area contributed by atoms with Crippen LogP contribution in [0.3, 0.4) is 0 Å².